The minimum atomic E-state index is -3.32. The van der Waals surface area contributed by atoms with Gasteiger partial charge in [0.2, 0.25) is 0 Å². The Morgan fingerprint density at radius 2 is 1.38 bits per heavy atom. The molecule has 82 valence electrons. The molecule has 0 aliphatic rings. The van der Waals surface area contributed by atoms with E-state index in [1.165, 1.54) is 0 Å². The number of rotatable bonds is 5. The average molecular weight is 228 g/mol. The van der Waals surface area contributed by atoms with Gasteiger partial charge in [0.05, 0.1) is 0 Å². The van der Waals surface area contributed by atoms with Crippen LogP contribution in [0.2, 0.25) is 0 Å². The zero-order valence-electron chi connectivity index (χ0n) is 9.20. The summed E-state index contributed by atoms with van der Waals surface area (Å²) in [5.74, 6) is 0. The Balaban J connectivity index is 5.02. The molecule has 0 saturated carbocycles. The van der Waals surface area contributed by atoms with Gasteiger partial charge in [0.15, 0.2) is 0 Å². The molecule has 0 rings (SSSR count). The van der Waals surface area contributed by atoms with E-state index in [0.717, 1.165) is 24.7 Å². The van der Waals surface area contributed by atoms with E-state index in [9.17, 15) is 8.42 Å². The quantitative estimate of drug-likeness (QED) is 0.677. The molecule has 0 aliphatic carbocycles. The molecule has 3 nitrogen and oxygen atoms in total. The number of hydrogen-bond acceptors (Lipinski definition) is 3. The van der Waals surface area contributed by atoms with E-state index in [-0.39, 0.29) is 0 Å². The van der Waals surface area contributed by atoms with Crippen molar-refractivity contribution in [2.75, 3.05) is 31.4 Å². The van der Waals surface area contributed by atoms with E-state index in [4.69, 9.17) is 3.97 Å². The Morgan fingerprint density at radius 3 is 1.46 bits per heavy atom. The fourth-order valence-electron chi connectivity index (χ4n) is 1.25. The maximum absolute atomic E-state index is 11.1. The standard InChI is InChI=1S/C8H21O3PS/c1-6-12(4,7-2,8-3)11-13(5,9)10/h6-8H2,1-5H3. The van der Waals surface area contributed by atoms with Crippen LogP contribution in [0, 0.1) is 0 Å². The van der Waals surface area contributed by atoms with Gasteiger partial charge in [-0.25, -0.2) is 0 Å². The summed E-state index contributed by atoms with van der Waals surface area (Å²) in [5.41, 5.74) is 0. The van der Waals surface area contributed by atoms with Crippen LogP contribution >= 0.6 is 6.83 Å². The molecule has 0 atom stereocenters. The van der Waals surface area contributed by atoms with Gasteiger partial charge in [-0.3, -0.25) is 0 Å². The van der Waals surface area contributed by atoms with E-state index in [0.29, 0.717) is 0 Å². The van der Waals surface area contributed by atoms with Crippen molar-refractivity contribution in [1.82, 2.24) is 0 Å². The van der Waals surface area contributed by atoms with E-state index in [1.54, 1.807) is 0 Å². The molecule has 0 fully saturated rings. The molecule has 0 heterocycles. The van der Waals surface area contributed by atoms with Gasteiger partial charge in [-0.2, -0.15) is 0 Å². The third kappa shape index (κ3) is 3.53. The first kappa shape index (κ1) is 13.3. The van der Waals surface area contributed by atoms with Crippen molar-refractivity contribution in [1.29, 1.82) is 0 Å². The summed E-state index contributed by atoms with van der Waals surface area (Å²) in [6.07, 6.45) is 3.61. The van der Waals surface area contributed by atoms with Gasteiger partial charge in [-0.1, -0.05) is 0 Å². The summed E-state index contributed by atoms with van der Waals surface area (Å²) < 4.78 is 27.6. The van der Waals surface area contributed by atoms with Crippen molar-refractivity contribution in [3.05, 3.63) is 0 Å². The summed E-state index contributed by atoms with van der Waals surface area (Å²) >= 11 is 0. The molecule has 0 bridgehead atoms. The Labute approximate surface area is 82.0 Å². The zero-order chi connectivity index (χ0) is 10.8. The van der Waals surface area contributed by atoms with Crippen LogP contribution in [0.3, 0.4) is 0 Å². The van der Waals surface area contributed by atoms with Crippen molar-refractivity contribution < 1.29 is 12.4 Å². The van der Waals surface area contributed by atoms with Crippen molar-refractivity contribution in [3.8, 4) is 0 Å². The Kier molecular flexibility index (Phi) is 3.94. The molecule has 0 radical (unpaired) electrons. The Bertz CT molecular complexity index is 256. The molecule has 0 N–H and O–H groups in total. The van der Waals surface area contributed by atoms with Crippen LogP contribution in [0.4, 0.5) is 0 Å². The molecular weight excluding hydrogens is 207 g/mol. The molecule has 0 saturated heterocycles. The van der Waals surface area contributed by atoms with Crippen molar-refractivity contribution >= 4 is 16.9 Å². The van der Waals surface area contributed by atoms with Crippen LogP contribution in [0.5, 0.6) is 0 Å². The fourth-order valence-corrected chi connectivity index (χ4v) is 7.24. The SMILES string of the molecule is CCP(C)(CC)(CC)OS(C)(=O)=O. The van der Waals surface area contributed by atoms with Gasteiger partial charge in [0.25, 0.3) is 0 Å². The topological polar surface area (TPSA) is 43.4 Å². The molecule has 5 heteroatoms. The van der Waals surface area contributed by atoms with Crippen molar-refractivity contribution in [2.24, 2.45) is 0 Å². The van der Waals surface area contributed by atoms with Crippen LogP contribution in [-0.4, -0.2) is 39.8 Å². The first-order chi connectivity index (χ1) is 5.69. The van der Waals surface area contributed by atoms with E-state index in [2.05, 4.69) is 0 Å². The molecule has 0 amide bonds. The molecule has 0 aliphatic heterocycles. The Hall–Kier alpha value is 0.340. The summed E-state index contributed by atoms with van der Waals surface area (Å²) in [4.78, 5) is 0. The summed E-state index contributed by atoms with van der Waals surface area (Å²) in [6.45, 7) is 5.63. The minimum absolute atomic E-state index is 0.825. The third-order valence-electron chi connectivity index (χ3n) is 3.05. The molecule has 0 spiro atoms. The van der Waals surface area contributed by atoms with Gasteiger partial charge in [0, 0.05) is 0 Å². The van der Waals surface area contributed by atoms with E-state index >= 15 is 0 Å². The summed E-state index contributed by atoms with van der Waals surface area (Å²) in [6, 6.07) is 0. The first-order valence-corrected chi connectivity index (χ1v) is 9.58. The first-order valence-electron chi connectivity index (χ1n) is 4.61. The molecule has 0 aromatic rings. The second-order valence-corrected chi connectivity index (χ2v) is 12.2. The number of hydrogen-bond donors (Lipinski definition) is 0. The second kappa shape index (κ2) is 3.84. The summed E-state index contributed by atoms with van der Waals surface area (Å²) in [5, 5.41) is 0. The second-order valence-electron chi connectivity index (χ2n) is 3.92. The third-order valence-corrected chi connectivity index (χ3v) is 11.3. The van der Waals surface area contributed by atoms with Gasteiger partial charge >= 0.3 is 81.5 Å². The van der Waals surface area contributed by atoms with Gasteiger partial charge in [-0.15, -0.1) is 0 Å². The molecule has 0 aromatic carbocycles. The van der Waals surface area contributed by atoms with Crippen LogP contribution < -0.4 is 0 Å². The monoisotopic (exact) mass is 228 g/mol. The zero-order valence-corrected chi connectivity index (χ0v) is 10.9. The van der Waals surface area contributed by atoms with Gasteiger partial charge in [-0.05, 0) is 0 Å². The van der Waals surface area contributed by atoms with Crippen LogP contribution in [-0.2, 0) is 14.1 Å². The van der Waals surface area contributed by atoms with Crippen LogP contribution in [0.25, 0.3) is 0 Å². The summed E-state index contributed by atoms with van der Waals surface area (Å²) in [7, 11) is -3.32. The van der Waals surface area contributed by atoms with Crippen molar-refractivity contribution in [2.45, 2.75) is 20.8 Å². The van der Waals surface area contributed by atoms with Crippen molar-refractivity contribution in [3.63, 3.8) is 0 Å². The predicted molar refractivity (Wildman–Crippen MR) is 60.4 cm³/mol. The van der Waals surface area contributed by atoms with Gasteiger partial charge in [0.1, 0.15) is 0 Å². The predicted octanol–water partition coefficient (Wildman–Crippen LogP) is 2.12. The molecule has 13 heavy (non-hydrogen) atoms. The Morgan fingerprint density at radius 1 is 1.08 bits per heavy atom. The fraction of sp³-hybridized carbons (Fsp3) is 1.00. The molecule has 0 aromatic heterocycles. The van der Waals surface area contributed by atoms with E-state index in [1.807, 2.05) is 27.4 Å². The van der Waals surface area contributed by atoms with E-state index < -0.39 is 16.9 Å². The van der Waals surface area contributed by atoms with Crippen LogP contribution in [0.1, 0.15) is 20.8 Å². The van der Waals surface area contributed by atoms with Crippen LogP contribution in [0.15, 0.2) is 0 Å². The molecular formula is C8H21O3PS. The maximum atomic E-state index is 11.1. The van der Waals surface area contributed by atoms with Gasteiger partial charge < -0.3 is 0 Å². The average Bonchev–Trinajstić information content (AvgIpc) is 2.02. The molecule has 0 unspecified atom stereocenters. The normalized spacial score (nSPS) is 16.5.